The van der Waals surface area contributed by atoms with Gasteiger partial charge in [-0.3, -0.25) is 9.18 Å². The van der Waals surface area contributed by atoms with Crippen LogP contribution in [-0.4, -0.2) is 19.1 Å². The van der Waals surface area contributed by atoms with E-state index in [0.717, 1.165) is 19.4 Å². The molecule has 58 valence electrons. The number of amides is 1. The van der Waals surface area contributed by atoms with Crippen molar-refractivity contribution in [3.05, 3.63) is 0 Å². The molecule has 1 rings (SSSR count). The third-order valence-electron chi connectivity index (χ3n) is 1.86. The third-order valence-corrected chi connectivity index (χ3v) is 1.86. The number of piperidine rings is 1. The van der Waals surface area contributed by atoms with Gasteiger partial charge >= 0.3 is 0 Å². The normalized spacial score (nSPS) is 26.1. The summed E-state index contributed by atoms with van der Waals surface area (Å²) in [4.78, 5) is 10.9. The van der Waals surface area contributed by atoms with Crippen molar-refractivity contribution in [3.8, 4) is 0 Å². The number of halogens is 1. The molecule has 0 aromatic carbocycles. The number of carbonyl (C=O) groups excluding carboxylic acids is 1. The second-order valence-electron chi connectivity index (χ2n) is 2.61. The summed E-state index contributed by atoms with van der Waals surface area (Å²) in [5, 5.41) is 2.71. The Kier molecular flexibility index (Phi) is 2.66. The van der Waals surface area contributed by atoms with E-state index in [4.69, 9.17) is 0 Å². The van der Waals surface area contributed by atoms with Gasteiger partial charge in [0.1, 0.15) is 0 Å². The Morgan fingerprint density at radius 1 is 1.70 bits per heavy atom. The Bertz CT molecular complexity index is 125. The highest BCUT2D eigenvalue weighted by molar-refractivity contribution is 5.79. The first-order valence-corrected chi connectivity index (χ1v) is 3.68. The molecular formula is C7H12FNO. The van der Waals surface area contributed by atoms with E-state index in [-0.39, 0.29) is 18.5 Å². The van der Waals surface area contributed by atoms with E-state index in [2.05, 4.69) is 5.32 Å². The summed E-state index contributed by atoms with van der Waals surface area (Å²) in [5.41, 5.74) is 0. The van der Waals surface area contributed by atoms with E-state index in [9.17, 15) is 9.18 Å². The fourth-order valence-corrected chi connectivity index (χ4v) is 1.24. The minimum Gasteiger partial charge on any atom is -0.356 e. The highest BCUT2D eigenvalue weighted by Gasteiger charge is 2.20. The largest absolute Gasteiger partial charge is 0.356 e. The van der Waals surface area contributed by atoms with Gasteiger partial charge in [-0.15, -0.1) is 0 Å². The number of nitrogens with one attached hydrogen (secondary N) is 1. The van der Waals surface area contributed by atoms with Crippen LogP contribution in [0, 0.1) is 5.92 Å². The molecule has 0 spiro atoms. The van der Waals surface area contributed by atoms with Crippen molar-refractivity contribution in [2.24, 2.45) is 5.92 Å². The summed E-state index contributed by atoms with van der Waals surface area (Å²) in [7, 11) is 0. The second-order valence-corrected chi connectivity index (χ2v) is 2.61. The van der Waals surface area contributed by atoms with E-state index in [1.54, 1.807) is 0 Å². The van der Waals surface area contributed by atoms with Gasteiger partial charge in [-0.2, -0.15) is 0 Å². The summed E-state index contributed by atoms with van der Waals surface area (Å²) < 4.78 is 11.8. The fourth-order valence-electron chi connectivity index (χ4n) is 1.24. The highest BCUT2D eigenvalue weighted by Crippen LogP contribution is 2.14. The average molecular weight is 145 g/mol. The molecule has 0 aromatic rings. The zero-order chi connectivity index (χ0) is 7.40. The van der Waals surface area contributed by atoms with Crippen LogP contribution in [-0.2, 0) is 4.79 Å². The Morgan fingerprint density at radius 2 is 2.50 bits per heavy atom. The Morgan fingerprint density at radius 3 is 3.10 bits per heavy atom. The molecule has 1 aliphatic heterocycles. The van der Waals surface area contributed by atoms with Gasteiger partial charge in [-0.1, -0.05) is 0 Å². The molecule has 3 heteroatoms. The summed E-state index contributed by atoms with van der Waals surface area (Å²) in [6.45, 7) is 0.389. The van der Waals surface area contributed by atoms with Gasteiger partial charge < -0.3 is 5.32 Å². The fraction of sp³-hybridized carbons (Fsp3) is 0.857. The van der Waals surface area contributed by atoms with Crippen LogP contribution in [0.15, 0.2) is 0 Å². The Labute approximate surface area is 59.8 Å². The predicted octanol–water partition coefficient (Wildman–Crippen LogP) is 0.872. The maximum atomic E-state index is 11.8. The van der Waals surface area contributed by atoms with E-state index in [1.807, 2.05) is 0 Å². The standard InChI is InChI=1S/C7H12FNO/c8-4-3-6-2-1-5-9-7(6)10/h6H,1-5H2,(H,9,10)/t6-/m1/s1. The van der Waals surface area contributed by atoms with Crippen LogP contribution in [0.1, 0.15) is 19.3 Å². The Hall–Kier alpha value is -0.600. The topological polar surface area (TPSA) is 29.1 Å². The van der Waals surface area contributed by atoms with Crippen molar-refractivity contribution in [1.82, 2.24) is 5.32 Å². The molecule has 0 saturated carbocycles. The van der Waals surface area contributed by atoms with Crippen LogP contribution in [0.3, 0.4) is 0 Å². The van der Waals surface area contributed by atoms with Crippen LogP contribution < -0.4 is 5.32 Å². The van der Waals surface area contributed by atoms with Crippen molar-refractivity contribution >= 4 is 5.91 Å². The lowest BCUT2D eigenvalue weighted by atomic mass is 9.96. The molecule has 1 heterocycles. The molecule has 0 radical (unpaired) electrons. The smallest absolute Gasteiger partial charge is 0.223 e. The molecule has 1 N–H and O–H groups in total. The zero-order valence-electron chi connectivity index (χ0n) is 5.90. The number of hydrogen-bond acceptors (Lipinski definition) is 1. The monoisotopic (exact) mass is 145 g/mol. The quantitative estimate of drug-likeness (QED) is 0.613. The van der Waals surface area contributed by atoms with Crippen LogP contribution in [0.4, 0.5) is 4.39 Å². The first-order valence-electron chi connectivity index (χ1n) is 3.68. The van der Waals surface area contributed by atoms with Gasteiger partial charge in [-0.05, 0) is 19.3 Å². The number of rotatable bonds is 2. The second kappa shape index (κ2) is 3.54. The summed E-state index contributed by atoms with van der Waals surface area (Å²) >= 11 is 0. The molecule has 1 fully saturated rings. The maximum Gasteiger partial charge on any atom is 0.223 e. The minimum atomic E-state index is -0.377. The Balaban J connectivity index is 2.32. The molecule has 0 aromatic heterocycles. The molecule has 0 aliphatic carbocycles. The zero-order valence-corrected chi connectivity index (χ0v) is 5.90. The van der Waals surface area contributed by atoms with Gasteiger partial charge in [0.25, 0.3) is 0 Å². The van der Waals surface area contributed by atoms with Crippen molar-refractivity contribution in [2.75, 3.05) is 13.2 Å². The molecule has 0 bridgehead atoms. The van der Waals surface area contributed by atoms with E-state index >= 15 is 0 Å². The van der Waals surface area contributed by atoms with Crippen LogP contribution >= 0.6 is 0 Å². The highest BCUT2D eigenvalue weighted by atomic mass is 19.1. The van der Waals surface area contributed by atoms with Gasteiger partial charge in [0.2, 0.25) is 5.91 Å². The van der Waals surface area contributed by atoms with Gasteiger partial charge in [0.15, 0.2) is 0 Å². The van der Waals surface area contributed by atoms with Crippen LogP contribution in [0.2, 0.25) is 0 Å². The van der Waals surface area contributed by atoms with Crippen molar-refractivity contribution in [2.45, 2.75) is 19.3 Å². The van der Waals surface area contributed by atoms with E-state index in [0.29, 0.717) is 6.42 Å². The summed E-state index contributed by atoms with van der Waals surface area (Å²) in [5.74, 6) is -0.0253. The average Bonchev–Trinajstić information content (AvgIpc) is 1.94. The van der Waals surface area contributed by atoms with Crippen molar-refractivity contribution in [3.63, 3.8) is 0 Å². The van der Waals surface area contributed by atoms with Crippen molar-refractivity contribution in [1.29, 1.82) is 0 Å². The van der Waals surface area contributed by atoms with Crippen LogP contribution in [0.5, 0.6) is 0 Å². The first-order chi connectivity index (χ1) is 4.84. The van der Waals surface area contributed by atoms with Gasteiger partial charge in [0, 0.05) is 12.5 Å². The number of alkyl halides is 1. The molecule has 2 nitrogen and oxygen atoms in total. The predicted molar refractivity (Wildman–Crippen MR) is 36.3 cm³/mol. The molecule has 1 atom stereocenters. The lowest BCUT2D eigenvalue weighted by Crippen LogP contribution is -2.36. The summed E-state index contributed by atoms with van der Waals surface area (Å²) in [6, 6.07) is 0. The molecule has 1 saturated heterocycles. The van der Waals surface area contributed by atoms with Crippen molar-refractivity contribution < 1.29 is 9.18 Å². The SMILES string of the molecule is O=C1NCCC[C@@H]1CCF. The lowest BCUT2D eigenvalue weighted by Gasteiger charge is -2.20. The molecule has 10 heavy (non-hydrogen) atoms. The number of carbonyl (C=O) groups is 1. The van der Waals surface area contributed by atoms with Crippen LogP contribution in [0.25, 0.3) is 0 Å². The third kappa shape index (κ3) is 1.69. The summed E-state index contributed by atoms with van der Waals surface area (Å²) in [6.07, 6.45) is 2.25. The molecular weight excluding hydrogens is 133 g/mol. The van der Waals surface area contributed by atoms with Gasteiger partial charge in [0.05, 0.1) is 6.67 Å². The van der Waals surface area contributed by atoms with Gasteiger partial charge in [-0.25, -0.2) is 0 Å². The molecule has 0 unspecified atom stereocenters. The lowest BCUT2D eigenvalue weighted by molar-refractivity contribution is -0.126. The van der Waals surface area contributed by atoms with E-state index in [1.165, 1.54) is 0 Å². The van der Waals surface area contributed by atoms with E-state index < -0.39 is 0 Å². The molecule has 1 aliphatic rings. The first kappa shape index (κ1) is 7.51. The minimum absolute atomic E-state index is 0.0314. The molecule has 1 amide bonds. The number of hydrogen-bond donors (Lipinski definition) is 1. The maximum absolute atomic E-state index is 11.8.